The fourth-order valence-corrected chi connectivity index (χ4v) is 2.09. The molecule has 0 fully saturated rings. The summed E-state index contributed by atoms with van der Waals surface area (Å²) in [6.45, 7) is 0. The van der Waals surface area contributed by atoms with Gasteiger partial charge in [-0.25, -0.2) is 22.4 Å². The third kappa shape index (κ3) is 1.46. The van der Waals surface area contributed by atoms with E-state index in [2.05, 4.69) is 9.97 Å². The maximum atomic E-state index is 11.3. The predicted molar refractivity (Wildman–Crippen MR) is 52.8 cm³/mol. The molecule has 0 saturated heterocycles. The quantitative estimate of drug-likeness (QED) is 0.684. The Balaban J connectivity index is 2.83. The average molecular weight is 232 g/mol. The lowest BCUT2D eigenvalue weighted by Gasteiger charge is -2.00. The molecular weight excluding hydrogens is 226 g/mol. The number of aromatic nitrogens is 3. The normalized spacial score (nSPS) is 12.1. The monoisotopic (exact) mass is 231 g/mol. The average Bonchev–Trinajstić information content (AvgIpc) is 2.45. The summed E-state index contributed by atoms with van der Waals surface area (Å²) in [5.41, 5.74) is 0.937. The van der Waals surface area contributed by atoms with Crippen LogP contribution in [0, 0.1) is 0 Å². The van der Waals surface area contributed by atoms with Crippen LogP contribution in [-0.4, -0.2) is 28.6 Å². The Bertz CT molecular complexity index is 590. The van der Waals surface area contributed by atoms with Crippen molar-refractivity contribution in [1.82, 2.24) is 13.9 Å². The molecule has 0 aliphatic rings. The molecule has 0 spiro atoms. The maximum absolute atomic E-state index is 11.3. The summed E-state index contributed by atoms with van der Waals surface area (Å²) in [6.07, 6.45) is 3.91. The number of hydrogen-bond acceptors (Lipinski definition) is 4. The van der Waals surface area contributed by atoms with Gasteiger partial charge in [0.1, 0.15) is 5.52 Å². The minimum Gasteiger partial charge on any atom is -0.242 e. The van der Waals surface area contributed by atoms with Gasteiger partial charge in [0.2, 0.25) is 15.3 Å². The van der Waals surface area contributed by atoms with Crippen molar-refractivity contribution in [2.45, 2.75) is 0 Å². The van der Waals surface area contributed by atoms with E-state index in [0.717, 1.165) is 10.2 Å². The van der Waals surface area contributed by atoms with Gasteiger partial charge in [-0.2, -0.15) is 0 Å². The fourth-order valence-electron chi connectivity index (χ4n) is 1.17. The number of halogens is 1. The summed E-state index contributed by atoms with van der Waals surface area (Å²) in [5, 5.41) is 0.101. The van der Waals surface area contributed by atoms with Crippen LogP contribution in [0.1, 0.15) is 0 Å². The molecule has 0 aliphatic heterocycles. The van der Waals surface area contributed by atoms with Gasteiger partial charge >= 0.3 is 0 Å². The van der Waals surface area contributed by atoms with Gasteiger partial charge in [0.15, 0.2) is 0 Å². The second kappa shape index (κ2) is 2.93. The predicted octanol–water partition coefficient (Wildman–Crippen LogP) is 0.892. The first-order valence-electron chi connectivity index (χ1n) is 3.68. The third-order valence-electron chi connectivity index (χ3n) is 1.73. The summed E-state index contributed by atoms with van der Waals surface area (Å²) in [5.74, 6) is 0. The Kier molecular flexibility index (Phi) is 1.97. The first-order chi connectivity index (χ1) is 6.48. The van der Waals surface area contributed by atoms with Crippen LogP contribution in [0.5, 0.6) is 0 Å². The van der Waals surface area contributed by atoms with E-state index in [0.29, 0.717) is 11.0 Å². The molecule has 0 unspecified atom stereocenters. The lowest BCUT2D eigenvalue weighted by molar-refractivity contribution is 0.595. The lowest BCUT2D eigenvalue weighted by Crippen LogP contribution is -2.08. The SMILES string of the molecule is CS(=O)(=O)n1ccc2nc(Cl)ncc21. The van der Waals surface area contributed by atoms with Crippen LogP contribution < -0.4 is 0 Å². The highest BCUT2D eigenvalue weighted by Gasteiger charge is 2.10. The Morgan fingerprint density at radius 1 is 1.50 bits per heavy atom. The van der Waals surface area contributed by atoms with Crippen molar-refractivity contribution < 1.29 is 8.42 Å². The van der Waals surface area contributed by atoms with Crippen molar-refractivity contribution in [3.63, 3.8) is 0 Å². The maximum Gasteiger partial charge on any atom is 0.236 e. The zero-order valence-corrected chi connectivity index (χ0v) is 8.75. The Morgan fingerprint density at radius 3 is 2.86 bits per heavy atom. The van der Waals surface area contributed by atoms with Crippen LogP contribution in [0.2, 0.25) is 5.28 Å². The molecule has 2 heterocycles. The number of rotatable bonds is 1. The second-order valence-corrected chi connectivity index (χ2v) is 4.98. The van der Waals surface area contributed by atoms with E-state index in [1.54, 1.807) is 6.07 Å². The first kappa shape index (κ1) is 9.42. The zero-order valence-electron chi connectivity index (χ0n) is 7.18. The summed E-state index contributed by atoms with van der Waals surface area (Å²) in [6, 6.07) is 1.57. The molecule has 2 rings (SSSR count). The van der Waals surface area contributed by atoms with Crippen molar-refractivity contribution >= 4 is 32.7 Å². The first-order valence-corrected chi connectivity index (χ1v) is 5.91. The molecule has 2 aromatic rings. The van der Waals surface area contributed by atoms with Crippen molar-refractivity contribution in [2.75, 3.05) is 6.26 Å². The summed E-state index contributed by atoms with van der Waals surface area (Å²) < 4.78 is 23.6. The molecule has 7 heteroatoms. The molecule has 0 N–H and O–H groups in total. The van der Waals surface area contributed by atoms with Crippen molar-refractivity contribution in [1.29, 1.82) is 0 Å². The van der Waals surface area contributed by atoms with Gasteiger partial charge in [-0.15, -0.1) is 0 Å². The lowest BCUT2D eigenvalue weighted by atomic mass is 10.5. The van der Waals surface area contributed by atoms with Gasteiger partial charge in [-0.05, 0) is 17.7 Å². The van der Waals surface area contributed by atoms with E-state index in [1.807, 2.05) is 0 Å². The standard InChI is InChI=1S/C7H6ClN3O2S/c1-14(12,13)11-3-2-5-6(11)4-9-7(8)10-5/h2-4H,1H3. The summed E-state index contributed by atoms with van der Waals surface area (Å²) >= 11 is 5.56. The van der Waals surface area contributed by atoms with Crippen LogP contribution in [0.4, 0.5) is 0 Å². The zero-order chi connectivity index (χ0) is 10.3. The highest BCUT2D eigenvalue weighted by atomic mass is 35.5. The number of fused-ring (bicyclic) bond motifs is 1. The fraction of sp³-hybridized carbons (Fsp3) is 0.143. The van der Waals surface area contributed by atoms with Crippen LogP contribution >= 0.6 is 11.6 Å². The molecule has 5 nitrogen and oxygen atoms in total. The molecule has 0 aromatic carbocycles. The van der Waals surface area contributed by atoms with Crippen molar-refractivity contribution in [2.24, 2.45) is 0 Å². The van der Waals surface area contributed by atoms with E-state index in [-0.39, 0.29) is 5.28 Å². The molecule has 14 heavy (non-hydrogen) atoms. The van der Waals surface area contributed by atoms with Gasteiger partial charge in [0.25, 0.3) is 0 Å². The van der Waals surface area contributed by atoms with Gasteiger partial charge in [0.05, 0.1) is 18.0 Å². The summed E-state index contributed by atoms with van der Waals surface area (Å²) in [4.78, 5) is 7.60. The smallest absolute Gasteiger partial charge is 0.236 e. The minimum absolute atomic E-state index is 0.101. The van der Waals surface area contributed by atoms with Crippen LogP contribution in [-0.2, 0) is 10.0 Å². The Hall–Kier alpha value is -1.14. The van der Waals surface area contributed by atoms with E-state index in [1.165, 1.54) is 12.4 Å². The molecule has 0 aliphatic carbocycles. The molecule has 74 valence electrons. The van der Waals surface area contributed by atoms with Gasteiger partial charge in [-0.1, -0.05) is 0 Å². The Morgan fingerprint density at radius 2 is 2.21 bits per heavy atom. The molecule has 0 radical (unpaired) electrons. The molecule has 0 amide bonds. The topological polar surface area (TPSA) is 64.8 Å². The van der Waals surface area contributed by atoms with Crippen LogP contribution in [0.25, 0.3) is 11.0 Å². The highest BCUT2D eigenvalue weighted by Crippen LogP contribution is 2.15. The minimum atomic E-state index is -3.31. The van der Waals surface area contributed by atoms with Crippen LogP contribution in [0.3, 0.4) is 0 Å². The summed E-state index contributed by atoms with van der Waals surface area (Å²) in [7, 11) is -3.31. The Labute approximate surface area is 85.4 Å². The number of hydrogen-bond donors (Lipinski definition) is 0. The molecule has 0 saturated carbocycles. The highest BCUT2D eigenvalue weighted by molar-refractivity contribution is 7.89. The van der Waals surface area contributed by atoms with E-state index in [9.17, 15) is 8.42 Å². The molecule has 2 aromatic heterocycles. The molecular formula is C7H6ClN3O2S. The van der Waals surface area contributed by atoms with Crippen molar-refractivity contribution in [3.8, 4) is 0 Å². The molecule has 0 atom stereocenters. The second-order valence-electron chi connectivity index (χ2n) is 2.78. The largest absolute Gasteiger partial charge is 0.242 e. The van der Waals surface area contributed by atoms with Gasteiger partial charge < -0.3 is 0 Å². The molecule has 0 bridgehead atoms. The van der Waals surface area contributed by atoms with Gasteiger partial charge in [-0.3, -0.25) is 0 Å². The van der Waals surface area contributed by atoms with E-state index >= 15 is 0 Å². The van der Waals surface area contributed by atoms with Crippen molar-refractivity contribution in [3.05, 3.63) is 23.7 Å². The van der Waals surface area contributed by atoms with Crippen LogP contribution in [0.15, 0.2) is 18.5 Å². The van der Waals surface area contributed by atoms with E-state index in [4.69, 9.17) is 11.6 Å². The third-order valence-corrected chi connectivity index (χ3v) is 2.95. The number of nitrogens with zero attached hydrogens (tertiary/aromatic N) is 3. The van der Waals surface area contributed by atoms with E-state index < -0.39 is 10.0 Å². The van der Waals surface area contributed by atoms with Gasteiger partial charge in [0, 0.05) is 6.20 Å².